The van der Waals surface area contributed by atoms with Crippen molar-refractivity contribution >= 4 is 34.7 Å². The summed E-state index contributed by atoms with van der Waals surface area (Å²) in [4.78, 5) is 49.6. The lowest BCUT2D eigenvalue weighted by molar-refractivity contribution is -0.142. The minimum atomic E-state index is -2.00. The number of thioether (sulfide) groups is 1. The molecule has 2 aliphatic rings. The highest BCUT2D eigenvalue weighted by molar-refractivity contribution is 8.13. The van der Waals surface area contributed by atoms with Crippen molar-refractivity contribution in [2.24, 2.45) is 11.8 Å². The molecule has 0 aromatic heterocycles. The number of rotatable bonds is 12. The molecule has 1 saturated heterocycles. The third-order valence-electron chi connectivity index (χ3n) is 6.98. The van der Waals surface area contributed by atoms with Crippen molar-refractivity contribution < 1.29 is 34.5 Å². The van der Waals surface area contributed by atoms with Gasteiger partial charge in [-0.25, -0.2) is 4.79 Å². The first-order chi connectivity index (χ1) is 16.0. The molecule has 0 aromatic rings. The Balaban J connectivity index is 2.36. The van der Waals surface area contributed by atoms with Crippen LogP contribution in [-0.2, 0) is 19.2 Å². The molecule has 1 aliphatic carbocycles. The minimum Gasteiger partial charge on any atom is -0.480 e. The Kier molecular flexibility index (Phi) is 10.1. The Morgan fingerprint density at radius 2 is 2.00 bits per heavy atom. The summed E-state index contributed by atoms with van der Waals surface area (Å²) >= 11 is 0.588. The zero-order valence-electron chi connectivity index (χ0n) is 20.2. The largest absolute Gasteiger partial charge is 0.480 e. The van der Waals surface area contributed by atoms with E-state index in [9.17, 15) is 34.5 Å². The number of carboxylic acid groups (broad SMARTS) is 1. The zero-order valence-corrected chi connectivity index (χ0v) is 21.0. The Morgan fingerprint density at radius 1 is 1.29 bits per heavy atom. The first kappa shape index (κ1) is 28.3. The van der Waals surface area contributed by atoms with Crippen molar-refractivity contribution in [1.29, 1.82) is 0 Å². The molecule has 0 aromatic carbocycles. The van der Waals surface area contributed by atoms with Crippen LogP contribution in [-0.4, -0.2) is 67.3 Å². The van der Waals surface area contributed by atoms with Gasteiger partial charge in [0, 0.05) is 18.6 Å². The van der Waals surface area contributed by atoms with Crippen molar-refractivity contribution in [3.63, 3.8) is 0 Å². The van der Waals surface area contributed by atoms with Crippen LogP contribution in [0.3, 0.4) is 0 Å². The SMILES string of the molecule is CCCCCC[C@H]1C(=O)N[C@](C(=O)SCC(NC(C)=O)C(=O)O)(C(O)[C@@H]2C=CCCC2)[C@@]1(C)O. The van der Waals surface area contributed by atoms with Crippen LogP contribution in [0.15, 0.2) is 12.2 Å². The fourth-order valence-electron chi connectivity index (χ4n) is 4.99. The predicted octanol–water partition coefficient (Wildman–Crippen LogP) is 1.76. The number of aliphatic hydroxyl groups is 2. The molecule has 192 valence electrons. The van der Waals surface area contributed by atoms with Crippen LogP contribution in [0.1, 0.15) is 72.1 Å². The number of carboxylic acids is 1. The minimum absolute atomic E-state index is 0.310. The second-order valence-corrected chi connectivity index (χ2v) is 10.5. The van der Waals surface area contributed by atoms with Gasteiger partial charge >= 0.3 is 5.97 Å². The zero-order chi connectivity index (χ0) is 25.5. The summed E-state index contributed by atoms with van der Waals surface area (Å²) < 4.78 is 0. The molecule has 10 heteroatoms. The molecule has 0 radical (unpaired) electrons. The molecule has 2 unspecified atom stereocenters. The quantitative estimate of drug-likeness (QED) is 0.202. The van der Waals surface area contributed by atoms with Crippen molar-refractivity contribution in [2.75, 3.05) is 5.75 Å². The van der Waals surface area contributed by atoms with Crippen LogP contribution in [0.2, 0.25) is 0 Å². The number of amides is 2. The summed E-state index contributed by atoms with van der Waals surface area (Å²) in [5, 5.41) is 36.7. The first-order valence-corrected chi connectivity index (χ1v) is 13.0. The van der Waals surface area contributed by atoms with E-state index in [1.165, 1.54) is 13.8 Å². The van der Waals surface area contributed by atoms with E-state index in [1.54, 1.807) is 0 Å². The number of unbranched alkanes of at least 4 members (excludes halogenated alkanes) is 3. The molecule has 2 rings (SSSR count). The average molecular weight is 499 g/mol. The molecule has 6 atom stereocenters. The van der Waals surface area contributed by atoms with Gasteiger partial charge in [0.15, 0.2) is 5.54 Å². The van der Waals surface area contributed by atoms with Crippen molar-refractivity contribution in [3.8, 4) is 0 Å². The second kappa shape index (κ2) is 12.2. The standard InChI is InChI=1S/C24H38N2O7S/c1-4-5-6-10-13-17-20(29)26-24(23(17,3)33,19(28)16-11-8-7-9-12-16)22(32)34-14-18(21(30)31)25-15(2)27/h8,11,16-19,28,33H,4-7,9-10,12-14H2,1-3H3,(H,25,27)(H,26,29)(H,30,31)/t16-,17+,18?,19?,23+,24+/m1/s1. The van der Waals surface area contributed by atoms with Gasteiger partial charge in [-0.15, -0.1) is 0 Å². The van der Waals surface area contributed by atoms with E-state index >= 15 is 0 Å². The first-order valence-electron chi connectivity index (χ1n) is 12.0. The molecule has 1 heterocycles. The van der Waals surface area contributed by atoms with Crippen molar-refractivity contribution in [2.45, 2.75) is 95.4 Å². The number of aliphatic carboxylic acids is 1. The lowest BCUT2D eigenvalue weighted by Gasteiger charge is -2.45. The summed E-state index contributed by atoms with van der Waals surface area (Å²) in [5.74, 6) is -4.01. The molecule has 5 N–H and O–H groups in total. The van der Waals surface area contributed by atoms with Crippen molar-refractivity contribution in [3.05, 3.63) is 12.2 Å². The number of carbonyl (C=O) groups excluding carboxylic acids is 3. The summed E-state index contributed by atoms with van der Waals surface area (Å²) in [6, 6.07) is -1.33. The highest BCUT2D eigenvalue weighted by Gasteiger charge is 2.68. The number of aliphatic hydroxyl groups excluding tert-OH is 1. The maximum atomic E-state index is 13.6. The Hall–Kier alpha value is -1.91. The average Bonchev–Trinajstić information content (AvgIpc) is 2.99. The fraction of sp³-hybridized carbons (Fsp3) is 0.750. The second-order valence-electron chi connectivity index (χ2n) is 9.50. The number of allylic oxidation sites excluding steroid dienone is 1. The van der Waals surface area contributed by atoms with Crippen LogP contribution in [0.4, 0.5) is 0 Å². The topological polar surface area (TPSA) is 153 Å². The van der Waals surface area contributed by atoms with E-state index in [2.05, 4.69) is 17.6 Å². The van der Waals surface area contributed by atoms with Gasteiger partial charge in [-0.3, -0.25) is 14.4 Å². The number of hydrogen-bond acceptors (Lipinski definition) is 7. The Labute approximate surface area is 205 Å². The molecule has 0 spiro atoms. The van der Waals surface area contributed by atoms with Crippen LogP contribution < -0.4 is 10.6 Å². The summed E-state index contributed by atoms with van der Waals surface area (Å²) in [5.41, 5.74) is -3.90. The summed E-state index contributed by atoms with van der Waals surface area (Å²) in [6.45, 7) is 4.65. The monoisotopic (exact) mass is 498 g/mol. The van der Waals surface area contributed by atoms with Gasteiger partial charge in [-0.1, -0.05) is 56.5 Å². The van der Waals surface area contributed by atoms with Gasteiger partial charge in [0.25, 0.3) is 0 Å². The highest BCUT2D eigenvalue weighted by Crippen LogP contribution is 2.46. The molecular weight excluding hydrogens is 460 g/mol. The molecule has 1 aliphatic heterocycles. The van der Waals surface area contributed by atoms with E-state index in [1.807, 2.05) is 12.2 Å². The molecule has 0 saturated carbocycles. The predicted molar refractivity (Wildman–Crippen MR) is 129 cm³/mol. The van der Waals surface area contributed by atoms with Gasteiger partial charge in [-0.2, -0.15) is 0 Å². The van der Waals surface area contributed by atoms with Crippen molar-refractivity contribution in [1.82, 2.24) is 10.6 Å². The lowest BCUT2D eigenvalue weighted by Crippen LogP contribution is -2.69. The lowest BCUT2D eigenvalue weighted by atomic mass is 9.68. The van der Waals surface area contributed by atoms with E-state index in [-0.39, 0.29) is 5.75 Å². The van der Waals surface area contributed by atoms with Gasteiger partial charge in [-0.05, 0) is 32.6 Å². The maximum absolute atomic E-state index is 13.6. The number of carbonyl (C=O) groups is 4. The highest BCUT2D eigenvalue weighted by atomic mass is 32.2. The molecule has 1 fully saturated rings. The van der Waals surface area contributed by atoms with E-state index in [4.69, 9.17) is 0 Å². The van der Waals surface area contributed by atoms with Gasteiger partial charge in [0.2, 0.25) is 16.9 Å². The third kappa shape index (κ3) is 6.01. The van der Waals surface area contributed by atoms with Crippen LogP contribution in [0.25, 0.3) is 0 Å². The normalized spacial score (nSPS) is 30.4. The Bertz CT molecular complexity index is 800. The van der Waals surface area contributed by atoms with Crippen LogP contribution in [0.5, 0.6) is 0 Å². The third-order valence-corrected chi connectivity index (χ3v) is 8.06. The Morgan fingerprint density at radius 3 is 2.56 bits per heavy atom. The maximum Gasteiger partial charge on any atom is 0.327 e. The van der Waals surface area contributed by atoms with Gasteiger partial charge in [0.1, 0.15) is 11.6 Å². The summed E-state index contributed by atoms with van der Waals surface area (Å²) in [7, 11) is 0. The molecule has 9 nitrogen and oxygen atoms in total. The number of nitrogens with one attached hydrogen (secondary N) is 2. The summed E-state index contributed by atoms with van der Waals surface area (Å²) in [6.07, 6.45) is 8.52. The van der Waals surface area contributed by atoms with Crippen LogP contribution in [0, 0.1) is 11.8 Å². The van der Waals surface area contributed by atoms with E-state index in [0.29, 0.717) is 31.0 Å². The number of hydrogen-bond donors (Lipinski definition) is 5. The molecule has 34 heavy (non-hydrogen) atoms. The van der Waals surface area contributed by atoms with E-state index < -0.39 is 58.0 Å². The smallest absolute Gasteiger partial charge is 0.327 e. The van der Waals surface area contributed by atoms with E-state index in [0.717, 1.165) is 32.1 Å². The fourth-order valence-corrected chi connectivity index (χ4v) is 6.14. The van der Waals surface area contributed by atoms with Gasteiger partial charge in [0.05, 0.1) is 12.0 Å². The van der Waals surface area contributed by atoms with Gasteiger partial charge < -0.3 is 26.0 Å². The molecule has 2 amide bonds. The molecule has 0 bridgehead atoms. The van der Waals surface area contributed by atoms with Crippen LogP contribution >= 0.6 is 11.8 Å². The molecular formula is C24H38N2O7S.